The summed E-state index contributed by atoms with van der Waals surface area (Å²) in [6.07, 6.45) is 2.06. The summed E-state index contributed by atoms with van der Waals surface area (Å²) in [6.45, 7) is 2.16. The van der Waals surface area contributed by atoms with Gasteiger partial charge in [0.2, 0.25) is 0 Å². The van der Waals surface area contributed by atoms with Crippen molar-refractivity contribution in [2.24, 2.45) is 7.05 Å². The van der Waals surface area contributed by atoms with E-state index in [9.17, 15) is 0 Å². The van der Waals surface area contributed by atoms with Crippen LogP contribution in [0.2, 0.25) is 0 Å². The van der Waals surface area contributed by atoms with Gasteiger partial charge in [-0.25, -0.2) is 4.57 Å². The fourth-order valence-electron chi connectivity index (χ4n) is 4.45. The number of aryl methyl sites for hydroxylation is 2. The van der Waals surface area contributed by atoms with Crippen molar-refractivity contribution in [2.75, 3.05) is 0 Å². The highest BCUT2D eigenvalue weighted by Crippen LogP contribution is 2.35. The van der Waals surface area contributed by atoms with E-state index in [4.69, 9.17) is 4.42 Å². The highest BCUT2D eigenvalue weighted by Gasteiger charge is 2.26. The van der Waals surface area contributed by atoms with Gasteiger partial charge in [0.1, 0.15) is 0 Å². The number of aromatic nitrogens is 2. The van der Waals surface area contributed by atoms with Crippen molar-refractivity contribution in [3.63, 3.8) is 0 Å². The molecule has 2 aromatic heterocycles. The normalized spacial score (nSPS) is 11.9. The van der Waals surface area contributed by atoms with E-state index in [1.165, 1.54) is 32.7 Å². The molecule has 4 aromatic carbocycles. The molecule has 0 radical (unpaired) electrons. The highest BCUT2D eigenvalue weighted by molar-refractivity contribution is 6.16. The molecule has 0 spiro atoms. The lowest BCUT2D eigenvalue weighted by Gasteiger charge is -2.05. The van der Waals surface area contributed by atoms with Crippen molar-refractivity contribution < 1.29 is 8.98 Å². The number of nitrogens with zero attached hydrogens (tertiary/aromatic N) is 2. The van der Waals surface area contributed by atoms with Crippen molar-refractivity contribution in [2.45, 2.75) is 6.92 Å². The second-order valence-corrected chi connectivity index (χ2v) is 7.45. The van der Waals surface area contributed by atoms with Crippen LogP contribution in [0.1, 0.15) is 5.56 Å². The van der Waals surface area contributed by atoms with E-state index >= 15 is 0 Å². The van der Waals surface area contributed by atoms with Gasteiger partial charge < -0.3 is 4.42 Å². The average molecular weight is 363 g/mol. The lowest BCUT2D eigenvalue weighted by atomic mass is 10.0. The Hall–Kier alpha value is -3.59. The maximum absolute atomic E-state index is 6.24. The highest BCUT2D eigenvalue weighted by atomic mass is 16.3. The molecule has 0 fully saturated rings. The van der Waals surface area contributed by atoms with Crippen LogP contribution in [0.3, 0.4) is 0 Å². The first-order chi connectivity index (χ1) is 13.7. The molecule has 6 rings (SSSR count). The third kappa shape index (κ3) is 1.96. The van der Waals surface area contributed by atoms with Crippen LogP contribution in [0.5, 0.6) is 0 Å². The van der Waals surface area contributed by atoms with E-state index in [-0.39, 0.29) is 0 Å². The number of benzene rings is 4. The molecule has 134 valence electrons. The molecular formula is C25H19N2O+. The second kappa shape index (κ2) is 5.46. The van der Waals surface area contributed by atoms with Gasteiger partial charge in [-0.2, -0.15) is 4.40 Å². The van der Waals surface area contributed by atoms with Crippen LogP contribution in [-0.2, 0) is 7.05 Å². The van der Waals surface area contributed by atoms with Gasteiger partial charge in [0.05, 0.1) is 12.6 Å². The maximum atomic E-state index is 6.24. The zero-order chi connectivity index (χ0) is 18.8. The van der Waals surface area contributed by atoms with Crippen LogP contribution in [0, 0.1) is 6.92 Å². The number of fused-ring (bicyclic) bond motifs is 7. The van der Waals surface area contributed by atoms with Crippen LogP contribution in [0.15, 0.2) is 83.4 Å². The summed E-state index contributed by atoms with van der Waals surface area (Å²) in [4.78, 5) is 0. The Balaban J connectivity index is 1.84. The average Bonchev–Trinajstić information content (AvgIpc) is 3.22. The summed E-state index contributed by atoms with van der Waals surface area (Å²) in [7, 11) is 2.08. The molecular weight excluding hydrogens is 344 g/mol. The van der Waals surface area contributed by atoms with E-state index in [0.29, 0.717) is 0 Å². The number of imidazole rings is 1. The lowest BCUT2D eigenvalue weighted by molar-refractivity contribution is -0.658. The fourth-order valence-corrected chi connectivity index (χ4v) is 4.45. The predicted octanol–water partition coefficient (Wildman–Crippen LogP) is 5.79. The Morgan fingerprint density at radius 3 is 2.46 bits per heavy atom. The molecule has 3 nitrogen and oxygen atoms in total. The van der Waals surface area contributed by atoms with Gasteiger partial charge >= 0.3 is 5.71 Å². The summed E-state index contributed by atoms with van der Waals surface area (Å²) >= 11 is 0. The smallest absolute Gasteiger partial charge is 0.336 e. The first-order valence-corrected chi connectivity index (χ1v) is 9.52. The molecule has 0 atom stereocenters. The van der Waals surface area contributed by atoms with Crippen molar-refractivity contribution in [3.8, 4) is 11.4 Å². The summed E-state index contributed by atoms with van der Waals surface area (Å²) in [6, 6.07) is 25.7. The van der Waals surface area contributed by atoms with Gasteiger partial charge in [0.25, 0.3) is 5.82 Å². The summed E-state index contributed by atoms with van der Waals surface area (Å²) in [5.41, 5.74) is 5.35. The monoisotopic (exact) mass is 363 g/mol. The molecule has 2 heterocycles. The topological polar surface area (TPSA) is 21.4 Å². The van der Waals surface area contributed by atoms with Crippen molar-refractivity contribution in [1.82, 2.24) is 4.40 Å². The Labute approximate surface area is 162 Å². The van der Waals surface area contributed by atoms with Gasteiger partial charge in [-0.3, -0.25) is 0 Å². The third-order valence-electron chi connectivity index (χ3n) is 5.76. The van der Waals surface area contributed by atoms with E-state index in [0.717, 1.165) is 22.6 Å². The summed E-state index contributed by atoms with van der Waals surface area (Å²) < 4.78 is 10.6. The zero-order valence-electron chi connectivity index (χ0n) is 15.8. The molecule has 0 unspecified atom stereocenters. The Morgan fingerprint density at radius 1 is 0.786 bits per heavy atom. The first kappa shape index (κ1) is 15.5. The first-order valence-electron chi connectivity index (χ1n) is 9.52. The maximum Gasteiger partial charge on any atom is 0.336 e. The lowest BCUT2D eigenvalue weighted by Crippen LogP contribution is -2.28. The molecule has 0 aliphatic rings. The van der Waals surface area contributed by atoms with Crippen molar-refractivity contribution in [1.29, 1.82) is 0 Å². The van der Waals surface area contributed by atoms with E-state index < -0.39 is 0 Å². The van der Waals surface area contributed by atoms with Gasteiger partial charge in [0, 0.05) is 5.39 Å². The quantitative estimate of drug-likeness (QED) is 0.267. The Bertz CT molecular complexity index is 1530. The van der Waals surface area contributed by atoms with Crippen molar-refractivity contribution >= 4 is 38.4 Å². The molecule has 28 heavy (non-hydrogen) atoms. The summed E-state index contributed by atoms with van der Waals surface area (Å²) in [5, 5.41) is 4.98. The van der Waals surface area contributed by atoms with Gasteiger partial charge in [-0.15, -0.1) is 0 Å². The van der Waals surface area contributed by atoms with Gasteiger partial charge in [-0.1, -0.05) is 48.5 Å². The fraction of sp³-hybridized carbons (Fsp3) is 0.0800. The molecule has 0 saturated heterocycles. The van der Waals surface area contributed by atoms with Gasteiger partial charge in [0.15, 0.2) is 17.3 Å². The minimum absolute atomic E-state index is 0.858. The van der Waals surface area contributed by atoms with E-state index in [2.05, 4.69) is 102 Å². The third-order valence-corrected chi connectivity index (χ3v) is 5.76. The minimum Gasteiger partial charge on any atom is -0.416 e. The molecule has 0 amide bonds. The summed E-state index contributed by atoms with van der Waals surface area (Å²) in [5.74, 6) is 1.13. The number of rotatable bonds is 1. The second-order valence-electron chi connectivity index (χ2n) is 7.45. The van der Waals surface area contributed by atoms with E-state index in [1.807, 2.05) is 0 Å². The van der Waals surface area contributed by atoms with Crippen LogP contribution < -0.4 is 4.57 Å². The number of hydrogen-bond donors (Lipinski definition) is 0. The molecule has 0 N–H and O–H groups in total. The molecule has 0 bridgehead atoms. The molecule has 6 aromatic rings. The van der Waals surface area contributed by atoms with Crippen LogP contribution in [-0.4, -0.2) is 4.40 Å². The van der Waals surface area contributed by atoms with Crippen LogP contribution in [0.25, 0.3) is 49.7 Å². The Kier molecular flexibility index (Phi) is 3.01. The van der Waals surface area contributed by atoms with Crippen LogP contribution in [0.4, 0.5) is 0 Å². The molecule has 3 heteroatoms. The molecule has 0 aliphatic carbocycles. The van der Waals surface area contributed by atoms with Crippen LogP contribution >= 0.6 is 0 Å². The SMILES string of the molecule is Cc1ccccc1-c1n2c(c[n+]1C)oc1ccc3c4ccccc4ccc3c12. The molecule has 0 saturated carbocycles. The number of hydrogen-bond acceptors (Lipinski definition) is 1. The van der Waals surface area contributed by atoms with E-state index in [1.54, 1.807) is 0 Å². The minimum atomic E-state index is 0.858. The van der Waals surface area contributed by atoms with Crippen molar-refractivity contribution in [3.05, 3.63) is 84.6 Å². The Morgan fingerprint density at radius 2 is 1.57 bits per heavy atom. The standard InChI is InChI=1S/C25H19N2O/c1-16-7-3-5-9-18(16)25-26(2)15-23-27(25)24-21-12-11-17-8-4-6-10-19(17)20(21)13-14-22(24)28-23/h3-15H,1-2H3/q+1. The molecule has 0 aliphatic heterocycles. The predicted molar refractivity (Wildman–Crippen MR) is 114 cm³/mol. The number of oxazole rings is 1. The largest absolute Gasteiger partial charge is 0.416 e. The van der Waals surface area contributed by atoms with Gasteiger partial charge in [-0.05, 0) is 52.9 Å². The zero-order valence-corrected chi connectivity index (χ0v) is 15.8.